The van der Waals surface area contributed by atoms with Gasteiger partial charge < -0.3 is 0 Å². The van der Waals surface area contributed by atoms with E-state index in [1.54, 1.807) is 12.2 Å². The van der Waals surface area contributed by atoms with Crippen molar-refractivity contribution in [2.45, 2.75) is 5.50 Å². The third-order valence-corrected chi connectivity index (χ3v) is 0.997. The molecule has 0 aliphatic rings. The molecule has 0 fully saturated rings. The molecular formula is C6H10ClN. The van der Waals surface area contributed by atoms with Crippen LogP contribution in [-0.2, 0) is 0 Å². The van der Waals surface area contributed by atoms with Gasteiger partial charge in [0.1, 0.15) is 5.50 Å². The first-order valence-corrected chi connectivity index (χ1v) is 2.85. The second kappa shape index (κ2) is 4.88. The molecule has 0 aliphatic heterocycles. The smallest absolute Gasteiger partial charge is 0.101 e. The molecule has 0 aromatic carbocycles. The van der Waals surface area contributed by atoms with Crippen molar-refractivity contribution in [1.29, 1.82) is 0 Å². The highest BCUT2D eigenvalue weighted by Crippen LogP contribution is 1.88. The summed E-state index contributed by atoms with van der Waals surface area (Å²) in [7, 11) is 0. The summed E-state index contributed by atoms with van der Waals surface area (Å²) in [6.45, 7) is 7.72. The molecule has 0 amide bonds. The minimum atomic E-state index is -0.131. The average molecular weight is 132 g/mol. The van der Waals surface area contributed by atoms with Crippen molar-refractivity contribution < 1.29 is 0 Å². The standard InChI is InChI=1S/C6H10ClN/c1-3-5-8-6(7)4-2/h3-4,6,8H,1-2,5H2. The quantitative estimate of drug-likeness (QED) is 0.347. The van der Waals surface area contributed by atoms with E-state index in [4.69, 9.17) is 11.6 Å². The maximum absolute atomic E-state index is 5.57. The van der Waals surface area contributed by atoms with Crippen molar-refractivity contribution in [2.24, 2.45) is 0 Å². The summed E-state index contributed by atoms with van der Waals surface area (Å²) >= 11 is 5.57. The number of hydrogen-bond acceptors (Lipinski definition) is 1. The van der Waals surface area contributed by atoms with Crippen molar-refractivity contribution in [2.75, 3.05) is 6.54 Å². The van der Waals surface area contributed by atoms with E-state index in [1.807, 2.05) is 0 Å². The molecule has 0 aromatic rings. The topological polar surface area (TPSA) is 12.0 Å². The number of hydrogen-bond donors (Lipinski definition) is 1. The van der Waals surface area contributed by atoms with Crippen molar-refractivity contribution in [1.82, 2.24) is 5.32 Å². The van der Waals surface area contributed by atoms with E-state index in [0.29, 0.717) is 0 Å². The van der Waals surface area contributed by atoms with Crippen LogP contribution >= 0.6 is 11.6 Å². The zero-order chi connectivity index (χ0) is 6.41. The summed E-state index contributed by atoms with van der Waals surface area (Å²) in [4.78, 5) is 0. The van der Waals surface area contributed by atoms with Crippen LogP contribution in [0.15, 0.2) is 25.3 Å². The average Bonchev–Trinajstić information content (AvgIpc) is 1.83. The van der Waals surface area contributed by atoms with Gasteiger partial charge in [0, 0.05) is 6.54 Å². The Morgan fingerprint density at radius 3 is 2.62 bits per heavy atom. The molecule has 0 spiro atoms. The Balaban J connectivity index is 3.09. The van der Waals surface area contributed by atoms with Crippen LogP contribution in [0.5, 0.6) is 0 Å². The Morgan fingerprint density at radius 1 is 1.62 bits per heavy atom. The zero-order valence-electron chi connectivity index (χ0n) is 4.73. The van der Waals surface area contributed by atoms with E-state index in [1.165, 1.54) is 0 Å². The van der Waals surface area contributed by atoms with Gasteiger partial charge in [-0.05, 0) is 0 Å². The maximum atomic E-state index is 5.57. The van der Waals surface area contributed by atoms with Gasteiger partial charge in [-0.1, -0.05) is 12.2 Å². The number of nitrogens with one attached hydrogen (secondary N) is 1. The fourth-order valence-electron chi connectivity index (χ4n) is 0.279. The van der Waals surface area contributed by atoms with Crippen molar-refractivity contribution in [3.8, 4) is 0 Å². The summed E-state index contributed by atoms with van der Waals surface area (Å²) < 4.78 is 0. The molecule has 1 nitrogen and oxygen atoms in total. The number of rotatable bonds is 4. The first-order valence-electron chi connectivity index (χ1n) is 2.42. The second-order valence-electron chi connectivity index (χ2n) is 1.33. The molecule has 0 saturated carbocycles. The zero-order valence-corrected chi connectivity index (χ0v) is 5.49. The Hall–Kier alpha value is -0.270. The van der Waals surface area contributed by atoms with Crippen LogP contribution < -0.4 is 5.32 Å². The summed E-state index contributed by atoms with van der Waals surface area (Å²) in [6.07, 6.45) is 3.38. The molecule has 46 valence electrons. The highest BCUT2D eigenvalue weighted by Gasteiger charge is 1.90. The van der Waals surface area contributed by atoms with Gasteiger partial charge in [-0.25, -0.2) is 0 Å². The fourth-order valence-corrected chi connectivity index (χ4v) is 0.368. The van der Waals surface area contributed by atoms with Crippen LogP contribution in [0.4, 0.5) is 0 Å². The van der Waals surface area contributed by atoms with Gasteiger partial charge in [-0.15, -0.1) is 24.8 Å². The highest BCUT2D eigenvalue weighted by molar-refractivity contribution is 6.21. The van der Waals surface area contributed by atoms with Crippen molar-refractivity contribution >= 4 is 11.6 Å². The van der Waals surface area contributed by atoms with Gasteiger partial charge in [0.05, 0.1) is 0 Å². The predicted molar refractivity (Wildman–Crippen MR) is 38.0 cm³/mol. The molecule has 8 heavy (non-hydrogen) atoms. The predicted octanol–water partition coefficient (Wildman–Crippen LogP) is 1.51. The molecule has 2 heteroatoms. The van der Waals surface area contributed by atoms with E-state index in [0.717, 1.165) is 6.54 Å². The molecule has 0 rings (SSSR count). The fraction of sp³-hybridized carbons (Fsp3) is 0.333. The lowest BCUT2D eigenvalue weighted by Gasteiger charge is -2.01. The third-order valence-electron chi connectivity index (χ3n) is 0.664. The molecule has 0 bridgehead atoms. The highest BCUT2D eigenvalue weighted by atomic mass is 35.5. The van der Waals surface area contributed by atoms with Crippen molar-refractivity contribution in [3.05, 3.63) is 25.3 Å². The van der Waals surface area contributed by atoms with E-state index in [2.05, 4.69) is 18.5 Å². The lowest BCUT2D eigenvalue weighted by Crippen LogP contribution is -2.20. The van der Waals surface area contributed by atoms with Crippen LogP contribution in [0.2, 0.25) is 0 Å². The SMILES string of the molecule is C=CCNC(Cl)C=C. The maximum Gasteiger partial charge on any atom is 0.101 e. The Bertz CT molecular complexity index is 80.6. The van der Waals surface area contributed by atoms with Gasteiger partial charge >= 0.3 is 0 Å². The Kier molecular flexibility index (Phi) is 4.71. The normalized spacial score (nSPS) is 12.6. The largest absolute Gasteiger partial charge is 0.295 e. The molecule has 1 atom stereocenters. The molecule has 1 N–H and O–H groups in total. The van der Waals surface area contributed by atoms with Gasteiger partial charge in [0.2, 0.25) is 0 Å². The van der Waals surface area contributed by atoms with Gasteiger partial charge in [0.15, 0.2) is 0 Å². The monoisotopic (exact) mass is 131 g/mol. The van der Waals surface area contributed by atoms with E-state index in [-0.39, 0.29) is 5.50 Å². The molecule has 0 saturated heterocycles. The Labute approximate surface area is 55.0 Å². The molecule has 0 radical (unpaired) electrons. The number of halogens is 1. The number of alkyl halides is 1. The van der Waals surface area contributed by atoms with Gasteiger partial charge in [-0.2, -0.15) is 0 Å². The second-order valence-corrected chi connectivity index (χ2v) is 1.80. The third kappa shape index (κ3) is 3.90. The summed E-state index contributed by atoms with van der Waals surface area (Å²) in [5.74, 6) is 0. The van der Waals surface area contributed by atoms with Crippen LogP contribution in [0.1, 0.15) is 0 Å². The Morgan fingerprint density at radius 2 is 2.25 bits per heavy atom. The minimum absolute atomic E-state index is 0.131. The lowest BCUT2D eigenvalue weighted by atomic mass is 10.5. The molecule has 0 aromatic heterocycles. The van der Waals surface area contributed by atoms with E-state index >= 15 is 0 Å². The lowest BCUT2D eigenvalue weighted by molar-refractivity contribution is 0.793. The van der Waals surface area contributed by atoms with E-state index < -0.39 is 0 Å². The van der Waals surface area contributed by atoms with E-state index in [9.17, 15) is 0 Å². The van der Waals surface area contributed by atoms with Crippen LogP contribution in [0.25, 0.3) is 0 Å². The summed E-state index contributed by atoms with van der Waals surface area (Å²) in [5, 5.41) is 2.91. The molecule has 1 unspecified atom stereocenters. The molecule has 0 heterocycles. The molecular weight excluding hydrogens is 122 g/mol. The van der Waals surface area contributed by atoms with Crippen molar-refractivity contribution in [3.63, 3.8) is 0 Å². The first-order chi connectivity index (χ1) is 3.81. The van der Waals surface area contributed by atoms with Crippen LogP contribution in [0, 0.1) is 0 Å². The minimum Gasteiger partial charge on any atom is -0.295 e. The first kappa shape index (κ1) is 7.73. The molecule has 0 aliphatic carbocycles. The summed E-state index contributed by atoms with van der Waals surface area (Å²) in [5.41, 5.74) is -0.131. The van der Waals surface area contributed by atoms with Crippen LogP contribution in [-0.4, -0.2) is 12.0 Å². The van der Waals surface area contributed by atoms with Gasteiger partial charge in [0.25, 0.3) is 0 Å². The summed E-state index contributed by atoms with van der Waals surface area (Å²) in [6, 6.07) is 0. The van der Waals surface area contributed by atoms with Crippen LogP contribution in [0.3, 0.4) is 0 Å². The van der Waals surface area contributed by atoms with Gasteiger partial charge in [-0.3, -0.25) is 5.32 Å².